The van der Waals surface area contributed by atoms with E-state index in [1.165, 1.54) is 24.9 Å². The van der Waals surface area contributed by atoms with Crippen molar-refractivity contribution in [3.05, 3.63) is 41.6 Å². The lowest BCUT2D eigenvalue weighted by atomic mass is 9.95. The maximum atomic E-state index is 13.4. The molecule has 1 fully saturated rings. The molecule has 0 N–H and O–H groups in total. The molecular formula is C19H23F3N2O4S2. The molecule has 1 aliphatic rings. The molecule has 0 amide bonds. The van der Waals surface area contributed by atoms with Crippen LogP contribution in [0.5, 0.6) is 0 Å². The van der Waals surface area contributed by atoms with E-state index < -0.39 is 32.4 Å². The van der Waals surface area contributed by atoms with Gasteiger partial charge in [0.05, 0.1) is 20.9 Å². The van der Waals surface area contributed by atoms with E-state index in [0.717, 1.165) is 17.2 Å². The molecule has 3 rings (SSSR count). The van der Waals surface area contributed by atoms with E-state index in [-0.39, 0.29) is 31.1 Å². The Morgan fingerprint density at radius 2 is 2.10 bits per heavy atom. The zero-order valence-corrected chi connectivity index (χ0v) is 18.4. The van der Waals surface area contributed by atoms with E-state index in [0.29, 0.717) is 11.8 Å². The summed E-state index contributed by atoms with van der Waals surface area (Å²) >= 11 is 1.43. The van der Waals surface area contributed by atoms with Gasteiger partial charge in [-0.25, -0.2) is 13.1 Å². The number of benzene rings is 1. The highest BCUT2D eigenvalue weighted by Crippen LogP contribution is 2.43. The second kappa shape index (κ2) is 8.52. The van der Waals surface area contributed by atoms with Crippen molar-refractivity contribution in [3.8, 4) is 0 Å². The SMILES string of the molecule is COCn1nc(SC)cc1C1CC(C)(S(=O)(=O)c2cccc(C(F)(F)F)c2)CCO1. The number of sulfone groups is 1. The summed E-state index contributed by atoms with van der Waals surface area (Å²) in [5.74, 6) is 0. The maximum absolute atomic E-state index is 13.4. The van der Waals surface area contributed by atoms with Gasteiger partial charge < -0.3 is 9.47 Å². The summed E-state index contributed by atoms with van der Waals surface area (Å²) in [5, 5.41) is 5.14. The van der Waals surface area contributed by atoms with Crippen LogP contribution in [0.1, 0.15) is 37.1 Å². The average Bonchev–Trinajstić information content (AvgIpc) is 3.11. The molecule has 0 bridgehead atoms. The molecule has 0 aliphatic carbocycles. The third-order valence-electron chi connectivity index (χ3n) is 5.27. The molecular weight excluding hydrogens is 441 g/mol. The third-order valence-corrected chi connectivity index (χ3v) is 8.43. The smallest absolute Gasteiger partial charge is 0.372 e. The number of methoxy groups -OCH3 is 1. The molecule has 0 spiro atoms. The van der Waals surface area contributed by atoms with E-state index in [2.05, 4.69) is 5.10 Å². The van der Waals surface area contributed by atoms with Crippen LogP contribution >= 0.6 is 11.8 Å². The van der Waals surface area contributed by atoms with Crippen molar-refractivity contribution in [2.75, 3.05) is 20.0 Å². The van der Waals surface area contributed by atoms with Crippen LogP contribution in [0.15, 0.2) is 40.3 Å². The first kappa shape index (κ1) is 23.1. The van der Waals surface area contributed by atoms with Gasteiger partial charge in [-0.2, -0.15) is 18.3 Å². The Labute approximate surface area is 177 Å². The normalized spacial score (nSPS) is 22.9. The number of halogens is 3. The number of ether oxygens (including phenoxy) is 2. The fourth-order valence-corrected chi connectivity index (χ4v) is 5.77. The van der Waals surface area contributed by atoms with E-state index in [9.17, 15) is 21.6 Å². The van der Waals surface area contributed by atoms with Gasteiger partial charge in [0.25, 0.3) is 0 Å². The van der Waals surface area contributed by atoms with Crippen LogP contribution in [0.2, 0.25) is 0 Å². The van der Waals surface area contributed by atoms with E-state index >= 15 is 0 Å². The van der Waals surface area contributed by atoms with E-state index in [1.54, 1.807) is 11.6 Å². The van der Waals surface area contributed by atoms with Crippen LogP contribution in [0.25, 0.3) is 0 Å². The van der Waals surface area contributed by atoms with Crippen LogP contribution in [0, 0.1) is 0 Å². The lowest BCUT2D eigenvalue weighted by Gasteiger charge is -2.37. The summed E-state index contributed by atoms with van der Waals surface area (Å²) in [5.41, 5.74) is -0.315. The third kappa shape index (κ3) is 4.39. The Morgan fingerprint density at radius 1 is 1.37 bits per heavy atom. The van der Waals surface area contributed by atoms with Crippen molar-refractivity contribution < 1.29 is 31.1 Å². The standard InChI is InChI=1S/C19H23F3N2O4S2/c1-18(30(25,26)14-6-4-5-13(9-14)19(20,21)22)7-8-28-16(11-18)15-10-17(29-3)23-24(15)12-27-2/h4-6,9-10,16H,7-8,11-12H2,1-3H3. The highest BCUT2D eigenvalue weighted by molar-refractivity contribution is 7.98. The lowest BCUT2D eigenvalue weighted by Crippen LogP contribution is -2.42. The highest BCUT2D eigenvalue weighted by atomic mass is 32.2. The quantitative estimate of drug-likeness (QED) is 0.594. The molecule has 2 atom stereocenters. The first-order valence-electron chi connectivity index (χ1n) is 9.16. The Bertz CT molecular complexity index is 1010. The minimum atomic E-state index is -4.62. The number of nitrogens with zero attached hydrogens (tertiary/aromatic N) is 2. The summed E-state index contributed by atoms with van der Waals surface area (Å²) in [6, 6.07) is 5.71. The average molecular weight is 465 g/mol. The molecule has 1 aromatic heterocycles. The maximum Gasteiger partial charge on any atom is 0.416 e. The predicted molar refractivity (Wildman–Crippen MR) is 106 cm³/mol. The molecule has 30 heavy (non-hydrogen) atoms. The van der Waals surface area contributed by atoms with Crippen molar-refractivity contribution in [1.29, 1.82) is 0 Å². The molecule has 166 valence electrons. The molecule has 1 aromatic carbocycles. The molecule has 2 unspecified atom stereocenters. The molecule has 1 saturated heterocycles. The van der Waals surface area contributed by atoms with Gasteiger partial charge in [0.2, 0.25) is 0 Å². The zero-order chi connectivity index (χ0) is 22.2. The van der Waals surface area contributed by atoms with Gasteiger partial charge in [0, 0.05) is 13.7 Å². The van der Waals surface area contributed by atoms with E-state index in [1.807, 2.05) is 12.3 Å². The summed E-state index contributed by atoms with van der Waals surface area (Å²) < 4.78 is 77.3. The van der Waals surface area contributed by atoms with Crippen LogP contribution in [-0.4, -0.2) is 42.9 Å². The number of rotatable bonds is 6. The molecule has 0 radical (unpaired) electrons. The Morgan fingerprint density at radius 3 is 2.73 bits per heavy atom. The second-order valence-corrected chi connectivity index (χ2v) is 10.6. The van der Waals surface area contributed by atoms with E-state index in [4.69, 9.17) is 9.47 Å². The fourth-order valence-electron chi connectivity index (χ4n) is 3.52. The van der Waals surface area contributed by atoms with Crippen LogP contribution in [0.3, 0.4) is 0 Å². The highest BCUT2D eigenvalue weighted by Gasteiger charge is 2.46. The van der Waals surface area contributed by atoms with Gasteiger partial charge in [-0.3, -0.25) is 0 Å². The molecule has 2 heterocycles. The summed E-state index contributed by atoms with van der Waals surface area (Å²) in [6.45, 7) is 1.89. The fraction of sp³-hybridized carbons (Fsp3) is 0.526. The van der Waals surface area contributed by atoms with Gasteiger partial charge >= 0.3 is 6.18 Å². The summed E-state index contributed by atoms with van der Waals surface area (Å²) in [6.07, 6.45) is -3.06. The van der Waals surface area contributed by atoms with Crippen molar-refractivity contribution in [1.82, 2.24) is 9.78 Å². The minimum absolute atomic E-state index is 0.0921. The largest absolute Gasteiger partial charge is 0.416 e. The van der Waals surface area contributed by atoms with Gasteiger partial charge in [0.1, 0.15) is 17.9 Å². The number of hydrogen-bond donors (Lipinski definition) is 0. The Hall–Kier alpha value is -1.56. The Balaban J connectivity index is 1.96. The first-order valence-corrected chi connectivity index (χ1v) is 11.9. The lowest BCUT2D eigenvalue weighted by molar-refractivity contribution is -0.137. The summed E-state index contributed by atoms with van der Waals surface area (Å²) in [7, 11) is -2.53. The number of alkyl halides is 3. The van der Waals surface area contributed by atoms with Crippen molar-refractivity contribution in [2.45, 2.75) is 53.4 Å². The van der Waals surface area contributed by atoms with Crippen molar-refractivity contribution in [2.24, 2.45) is 0 Å². The van der Waals surface area contributed by atoms with Crippen molar-refractivity contribution >= 4 is 21.6 Å². The number of hydrogen-bond acceptors (Lipinski definition) is 6. The van der Waals surface area contributed by atoms with Crippen molar-refractivity contribution in [3.63, 3.8) is 0 Å². The van der Waals surface area contributed by atoms with Crippen LogP contribution in [-0.2, 0) is 32.2 Å². The molecule has 1 aliphatic heterocycles. The summed E-state index contributed by atoms with van der Waals surface area (Å²) in [4.78, 5) is -0.337. The molecule has 6 nitrogen and oxygen atoms in total. The van der Waals surface area contributed by atoms with Crippen LogP contribution in [0.4, 0.5) is 13.2 Å². The van der Waals surface area contributed by atoms with Gasteiger partial charge in [-0.15, -0.1) is 11.8 Å². The first-order chi connectivity index (χ1) is 14.0. The Kier molecular flexibility index (Phi) is 6.57. The zero-order valence-electron chi connectivity index (χ0n) is 16.8. The second-order valence-electron chi connectivity index (χ2n) is 7.32. The number of thioether (sulfide) groups is 1. The van der Waals surface area contributed by atoms with Gasteiger partial charge in [-0.1, -0.05) is 6.07 Å². The van der Waals surface area contributed by atoms with Crippen LogP contribution < -0.4 is 0 Å². The predicted octanol–water partition coefficient (Wildman–Crippen LogP) is 4.31. The topological polar surface area (TPSA) is 70.4 Å². The van der Waals surface area contributed by atoms with Gasteiger partial charge in [0.15, 0.2) is 9.84 Å². The monoisotopic (exact) mass is 464 g/mol. The number of aromatic nitrogens is 2. The molecule has 11 heteroatoms. The molecule has 2 aromatic rings. The molecule has 0 saturated carbocycles. The van der Waals surface area contributed by atoms with Gasteiger partial charge in [-0.05, 0) is 50.3 Å². The minimum Gasteiger partial charge on any atom is -0.372 e.